The van der Waals surface area contributed by atoms with Gasteiger partial charge in [-0.25, -0.2) is 4.39 Å². The second kappa shape index (κ2) is 6.02. The standard InChI is InChI=1S/C16H17ClFNO2/c1-16(20,9-19)11-4-6-15(21-2)12(8-11)10-3-5-14(18)13(17)7-10/h3-8,20H,9,19H2,1-2H3. The molecule has 112 valence electrons. The van der Waals surface area contributed by atoms with Gasteiger partial charge in [-0.1, -0.05) is 23.7 Å². The largest absolute Gasteiger partial charge is 0.496 e. The molecular weight excluding hydrogens is 293 g/mol. The highest BCUT2D eigenvalue weighted by molar-refractivity contribution is 6.31. The SMILES string of the molecule is COc1ccc(C(C)(O)CN)cc1-c1ccc(F)c(Cl)c1. The van der Waals surface area contributed by atoms with Crippen molar-refractivity contribution in [1.29, 1.82) is 0 Å². The molecule has 0 fully saturated rings. The van der Waals surface area contributed by atoms with Crippen LogP contribution in [0.5, 0.6) is 5.75 Å². The van der Waals surface area contributed by atoms with Crippen LogP contribution in [0.2, 0.25) is 5.02 Å². The molecule has 0 amide bonds. The average Bonchev–Trinajstić information content (AvgIpc) is 2.49. The molecule has 0 heterocycles. The van der Waals surface area contributed by atoms with Crippen molar-refractivity contribution in [3.63, 3.8) is 0 Å². The van der Waals surface area contributed by atoms with Crippen LogP contribution in [0.1, 0.15) is 12.5 Å². The predicted octanol–water partition coefficient (Wildman–Crippen LogP) is 3.32. The highest BCUT2D eigenvalue weighted by atomic mass is 35.5. The second-order valence-electron chi connectivity index (χ2n) is 5.02. The molecule has 2 aromatic carbocycles. The molecular formula is C16H17ClFNO2. The summed E-state index contributed by atoms with van der Waals surface area (Å²) < 4.78 is 18.6. The first kappa shape index (κ1) is 15.8. The second-order valence-corrected chi connectivity index (χ2v) is 5.43. The van der Waals surface area contributed by atoms with Crippen molar-refractivity contribution < 1.29 is 14.2 Å². The van der Waals surface area contributed by atoms with Crippen LogP contribution < -0.4 is 10.5 Å². The van der Waals surface area contributed by atoms with Crippen molar-refractivity contribution >= 4 is 11.6 Å². The van der Waals surface area contributed by atoms with Crippen molar-refractivity contribution in [2.24, 2.45) is 5.73 Å². The third kappa shape index (κ3) is 3.18. The third-order valence-electron chi connectivity index (χ3n) is 3.45. The Morgan fingerprint density at radius 1 is 1.29 bits per heavy atom. The highest BCUT2D eigenvalue weighted by Gasteiger charge is 2.22. The first-order chi connectivity index (χ1) is 9.89. The molecule has 1 atom stereocenters. The first-order valence-corrected chi connectivity index (χ1v) is 6.83. The zero-order chi connectivity index (χ0) is 15.6. The smallest absolute Gasteiger partial charge is 0.141 e. The van der Waals surface area contributed by atoms with Gasteiger partial charge >= 0.3 is 0 Å². The third-order valence-corrected chi connectivity index (χ3v) is 3.74. The van der Waals surface area contributed by atoms with Crippen LogP contribution in [-0.4, -0.2) is 18.8 Å². The van der Waals surface area contributed by atoms with E-state index < -0.39 is 11.4 Å². The molecule has 3 nitrogen and oxygen atoms in total. The monoisotopic (exact) mass is 309 g/mol. The molecule has 0 saturated carbocycles. The van der Waals surface area contributed by atoms with Crippen molar-refractivity contribution in [2.45, 2.75) is 12.5 Å². The maximum absolute atomic E-state index is 13.3. The molecule has 2 aromatic rings. The lowest BCUT2D eigenvalue weighted by Gasteiger charge is -2.23. The van der Waals surface area contributed by atoms with Crippen molar-refractivity contribution in [3.8, 4) is 16.9 Å². The van der Waals surface area contributed by atoms with Crippen LogP contribution in [0.25, 0.3) is 11.1 Å². The van der Waals surface area contributed by atoms with Gasteiger partial charge in [-0.2, -0.15) is 0 Å². The number of aliphatic hydroxyl groups is 1. The number of hydrogen-bond donors (Lipinski definition) is 2. The maximum atomic E-state index is 13.3. The number of ether oxygens (including phenoxy) is 1. The molecule has 0 aliphatic carbocycles. The summed E-state index contributed by atoms with van der Waals surface area (Å²) in [7, 11) is 1.55. The van der Waals surface area contributed by atoms with Gasteiger partial charge in [-0.3, -0.25) is 0 Å². The topological polar surface area (TPSA) is 55.5 Å². The molecule has 1 unspecified atom stereocenters. The summed E-state index contributed by atoms with van der Waals surface area (Å²) in [6.45, 7) is 1.72. The number of methoxy groups -OCH3 is 1. The summed E-state index contributed by atoms with van der Waals surface area (Å²) in [5.74, 6) is 0.124. The number of rotatable bonds is 4. The Balaban J connectivity index is 2.59. The van der Waals surface area contributed by atoms with Crippen LogP contribution in [0.4, 0.5) is 4.39 Å². The molecule has 0 bridgehead atoms. The van der Waals surface area contributed by atoms with Gasteiger partial charge in [0.2, 0.25) is 0 Å². The van der Waals surface area contributed by atoms with Crippen LogP contribution in [0, 0.1) is 5.82 Å². The minimum atomic E-state index is -1.15. The number of nitrogens with two attached hydrogens (primary N) is 1. The van der Waals surface area contributed by atoms with E-state index in [1.54, 1.807) is 38.3 Å². The van der Waals surface area contributed by atoms with E-state index in [1.165, 1.54) is 12.1 Å². The summed E-state index contributed by atoms with van der Waals surface area (Å²) in [5, 5.41) is 10.3. The minimum Gasteiger partial charge on any atom is -0.496 e. The fourth-order valence-corrected chi connectivity index (χ4v) is 2.23. The van der Waals surface area contributed by atoms with Crippen molar-refractivity contribution in [1.82, 2.24) is 0 Å². The van der Waals surface area contributed by atoms with E-state index in [9.17, 15) is 9.50 Å². The Morgan fingerprint density at radius 3 is 2.57 bits per heavy atom. The summed E-state index contributed by atoms with van der Waals surface area (Å²) in [6, 6.07) is 9.70. The van der Waals surface area contributed by atoms with E-state index in [2.05, 4.69) is 0 Å². The molecule has 0 aliphatic rings. The van der Waals surface area contributed by atoms with Gasteiger partial charge in [0, 0.05) is 12.1 Å². The molecule has 0 radical (unpaired) electrons. The van der Waals surface area contributed by atoms with Gasteiger partial charge in [-0.05, 0) is 42.3 Å². The Labute approximate surface area is 128 Å². The Kier molecular flexibility index (Phi) is 4.52. The van der Waals surface area contributed by atoms with Crippen LogP contribution in [0.3, 0.4) is 0 Å². The van der Waals surface area contributed by atoms with Gasteiger partial charge < -0.3 is 15.6 Å². The zero-order valence-electron chi connectivity index (χ0n) is 11.9. The number of benzene rings is 2. The van der Waals surface area contributed by atoms with E-state index >= 15 is 0 Å². The Hall–Kier alpha value is -1.62. The molecule has 21 heavy (non-hydrogen) atoms. The van der Waals surface area contributed by atoms with Gasteiger partial charge in [0.1, 0.15) is 11.6 Å². The maximum Gasteiger partial charge on any atom is 0.141 e. The predicted molar refractivity (Wildman–Crippen MR) is 82.0 cm³/mol. The van der Waals surface area contributed by atoms with Crippen LogP contribution in [-0.2, 0) is 5.60 Å². The average molecular weight is 310 g/mol. The molecule has 0 aliphatic heterocycles. The zero-order valence-corrected chi connectivity index (χ0v) is 12.6. The fourth-order valence-electron chi connectivity index (χ4n) is 2.05. The summed E-state index contributed by atoms with van der Waals surface area (Å²) in [6.07, 6.45) is 0. The van der Waals surface area contributed by atoms with Crippen LogP contribution in [0.15, 0.2) is 36.4 Å². The molecule has 0 spiro atoms. The molecule has 0 aromatic heterocycles. The number of hydrogen-bond acceptors (Lipinski definition) is 3. The van der Waals surface area contributed by atoms with Gasteiger partial charge in [-0.15, -0.1) is 0 Å². The van der Waals surface area contributed by atoms with Gasteiger partial charge in [0.15, 0.2) is 0 Å². The lowest BCUT2D eigenvalue weighted by Crippen LogP contribution is -2.31. The van der Waals surface area contributed by atoms with E-state index in [4.69, 9.17) is 22.1 Å². The Bertz CT molecular complexity index is 659. The lowest BCUT2D eigenvalue weighted by atomic mass is 9.92. The van der Waals surface area contributed by atoms with E-state index in [0.29, 0.717) is 22.4 Å². The molecule has 0 saturated heterocycles. The first-order valence-electron chi connectivity index (χ1n) is 6.45. The van der Waals surface area contributed by atoms with Gasteiger partial charge in [0.25, 0.3) is 0 Å². The Morgan fingerprint density at radius 2 is 2.00 bits per heavy atom. The fraction of sp³-hybridized carbons (Fsp3) is 0.250. The van der Waals surface area contributed by atoms with Crippen molar-refractivity contribution in [2.75, 3.05) is 13.7 Å². The lowest BCUT2D eigenvalue weighted by molar-refractivity contribution is 0.0668. The molecule has 2 rings (SSSR count). The molecule has 5 heteroatoms. The van der Waals surface area contributed by atoms with E-state index in [-0.39, 0.29) is 11.6 Å². The number of halogens is 2. The van der Waals surface area contributed by atoms with Crippen molar-refractivity contribution in [3.05, 3.63) is 52.8 Å². The highest BCUT2D eigenvalue weighted by Crippen LogP contribution is 2.35. The molecule has 3 N–H and O–H groups in total. The van der Waals surface area contributed by atoms with E-state index in [0.717, 1.165) is 0 Å². The summed E-state index contributed by atoms with van der Waals surface area (Å²) in [5.41, 5.74) is 6.51. The minimum absolute atomic E-state index is 0.0329. The quantitative estimate of drug-likeness (QED) is 0.911. The van der Waals surface area contributed by atoms with Gasteiger partial charge in [0.05, 0.1) is 17.7 Å². The summed E-state index contributed by atoms with van der Waals surface area (Å²) in [4.78, 5) is 0. The normalized spacial score (nSPS) is 13.8. The summed E-state index contributed by atoms with van der Waals surface area (Å²) >= 11 is 5.83. The van der Waals surface area contributed by atoms with E-state index in [1.807, 2.05) is 0 Å². The van der Waals surface area contributed by atoms with Crippen LogP contribution >= 0.6 is 11.6 Å².